The van der Waals surface area contributed by atoms with Crippen molar-refractivity contribution < 1.29 is 4.74 Å². The Morgan fingerprint density at radius 3 is 2.78 bits per heavy atom. The van der Waals surface area contributed by atoms with Crippen LogP contribution in [0.25, 0.3) is 0 Å². The molecule has 48 valence electrons. The lowest BCUT2D eigenvalue weighted by Crippen LogP contribution is -1.86. The number of terminal acetylenes is 1. The molecule has 0 aromatic heterocycles. The van der Waals surface area contributed by atoms with Crippen LogP contribution in [0.5, 0.6) is 0 Å². The molecule has 0 heterocycles. The standard InChI is InChI=1S/C7H9NO/c1-2-9-7-5-3-4-6-8/h1H,3-5,7H2. The average Bonchev–Trinajstić information content (AvgIpc) is 1.89. The quantitative estimate of drug-likeness (QED) is 0.417. The molecule has 0 aliphatic rings. The van der Waals surface area contributed by atoms with Crippen molar-refractivity contribution in [2.75, 3.05) is 6.61 Å². The third-order valence-electron chi connectivity index (χ3n) is 0.868. The molecule has 2 heteroatoms. The lowest BCUT2D eigenvalue weighted by molar-refractivity contribution is 0.270. The molecule has 0 aliphatic carbocycles. The summed E-state index contributed by atoms with van der Waals surface area (Å²) in [7, 11) is 0. The fourth-order valence-corrected chi connectivity index (χ4v) is 0.437. The van der Waals surface area contributed by atoms with Gasteiger partial charge in [-0.25, -0.2) is 0 Å². The molecule has 0 radical (unpaired) electrons. The maximum Gasteiger partial charge on any atom is 0.106 e. The Hall–Kier alpha value is -1.15. The molecule has 0 bridgehead atoms. The molecule has 0 aliphatic heterocycles. The number of nitriles is 1. The van der Waals surface area contributed by atoms with Crippen molar-refractivity contribution >= 4 is 0 Å². The molecule has 0 N–H and O–H groups in total. The van der Waals surface area contributed by atoms with Crippen LogP contribution >= 0.6 is 0 Å². The topological polar surface area (TPSA) is 33.0 Å². The summed E-state index contributed by atoms with van der Waals surface area (Å²) in [6, 6.07) is 2.04. The second-order valence-electron chi connectivity index (χ2n) is 1.58. The van der Waals surface area contributed by atoms with Gasteiger partial charge in [-0.05, 0) is 12.8 Å². The molecule has 0 saturated carbocycles. The highest BCUT2D eigenvalue weighted by molar-refractivity contribution is 4.70. The van der Waals surface area contributed by atoms with E-state index in [1.54, 1.807) is 0 Å². The van der Waals surface area contributed by atoms with Crippen LogP contribution in [0.3, 0.4) is 0 Å². The summed E-state index contributed by atoms with van der Waals surface area (Å²) in [6.45, 7) is 0.568. The third kappa shape index (κ3) is 6.85. The van der Waals surface area contributed by atoms with Gasteiger partial charge in [0.2, 0.25) is 0 Å². The molecule has 0 atom stereocenters. The van der Waals surface area contributed by atoms with Crippen molar-refractivity contribution in [1.29, 1.82) is 5.26 Å². The summed E-state index contributed by atoms with van der Waals surface area (Å²) in [5.74, 6) is 0. The summed E-state index contributed by atoms with van der Waals surface area (Å²) in [5.41, 5.74) is 0. The van der Waals surface area contributed by atoms with E-state index >= 15 is 0 Å². The van der Waals surface area contributed by atoms with Gasteiger partial charge in [0.15, 0.2) is 0 Å². The largest absolute Gasteiger partial charge is 0.447 e. The molecule has 2 nitrogen and oxygen atoms in total. The van der Waals surface area contributed by atoms with Crippen LogP contribution in [0.2, 0.25) is 0 Å². The van der Waals surface area contributed by atoms with E-state index in [0.717, 1.165) is 12.8 Å². The first-order valence-corrected chi connectivity index (χ1v) is 2.86. The Balaban J connectivity index is 2.79. The second kappa shape index (κ2) is 6.85. The van der Waals surface area contributed by atoms with Crippen molar-refractivity contribution in [3.63, 3.8) is 0 Å². The molecule has 0 fully saturated rings. The summed E-state index contributed by atoms with van der Waals surface area (Å²) in [5, 5.41) is 8.09. The zero-order chi connectivity index (χ0) is 6.95. The maximum atomic E-state index is 8.09. The first-order valence-electron chi connectivity index (χ1n) is 2.86. The Morgan fingerprint density at radius 2 is 2.22 bits per heavy atom. The normalized spacial score (nSPS) is 7.33. The zero-order valence-corrected chi connectivity index (χ0v) is 5.26. The maximum absolute atomic E-state index is 8.09. The van der Waals surface area contributed by atoms with Gasteiger partial charge in [0.1, 0.15) is 12.7 Å². The van der Waals surface area contributed by atoms with Gasteiger partial charge in [-0.3, -0.25) is 0 Å². The van der Waals surface area contributed by atoms with Crippen LogP contribution in [-0.2, 0) is 4.74 Å². The van der Waals surface area contributed by atoms with Gasteiger partial charge < -0.3 is 4.74 Å². The van der Waals surface area contributed by atoms with Crippen molar-refractivity contribution in [2.24, 2.45) is 0 Å². The van der Waals surface area contributed by atoms with Gasteiger partial charge in [-0.2, -0.15) is 5.26 Å². The Kier molecular flexibility index (Phi) is 5.97. The smallest absolute Gasteiger partial charge is 0.106 e. The van der Waals surface area contributed by atoms with Gasteiger partial charge >= 0.3 is 0 Å². The fourth-order valence-electron chi connectivity index (χ4n) is 0.437. The molecular weight excluding hydrogens is 114 g/mol. The molecule has 0 spiro atoms. The van der Waals surface area contributed by atoms with Crippen LogP contribution in [0, 0.1) is 23.9 Å². The average molecular weight is 123 g/mol. The first-order chi connectivity index (χ1) is 4.41. The molecule has 0 amide bonds. The van der Waals surface area contributed by atoms with Gasteiger partial charge in [0, 0.05) is 6.42 Å². The zero-order valence-electron chi connectivity index (χ0n) is 5.26. The van der Waals surface area contributed by atoms with Crippen molar-refractivity contribution in [2.45, 2.75) is 19.3 Å². The van der Waals surface area contributed by atoms with E-state index in [-0.39, 0.29) is 0 Å². The third-order valence-corrected chi connectivity index (χ3v) is 0.868. The SMILES string of the molecule is C#COCCCCC#N. The fraction of sp³-hybridized carbons (Fsp3) is 0.571. The van der Waals surface area contributed by atoms with Crippen molar-refractivity contribution in [1.82, 2.24) is 0 Å². The number of ether oxygens (including phenoxy) is 1. The minimum atomic E-state index is 0.568. The van der Waals surface area contributed by atoms with E-state index in [1.807, 2.05) is 6.07 Å². The van der Waals surface area contributed by atoms with Crippen LogP contribution in [0.15, 0.2) is 0 Å². The molecule has 0 saturated heterocycles. The number of nitrogens with zero attached hydrogens (tertiary/aromatic N) is 1. The van der Waals surface area contributed by atoms with E-state index in [1.165, 1.54) is 0 Å². The lowest BCUT2D eigenvalue weighted by atomic mass is 10.3. The Morgan fingerprint density at radius 1 is 1.44 bits per heavy atom. The van der Waals surface area contributed by atoms with E-state index in [0.29, 0.717) is 13.0 Å². The van der Waals surface area contributed by atoms with Gasteiger partial charge in [-0.15, -0.1) is 0 Å². The van der Waals surface area contributed by atoms with Crippen molar-refractivity contribution in [3.05, 3.63) is 0 Å². The number of rotatable bonds is 4. The summed E-state index contributed by atoms with van der Waals surface area (Å²) in [6.07, 6.45) is 9.20. The molecule has 9 heavy (non-hydrogen) atoms. The molecule has 0 aromatic rings. The van der Waals surface area contributed by atoms with Crippen LogP contribution in [0.4, 0.5) is 0 Å². The molecule has 0 aromatic carbocycles. The minimum Gasteiger partial charge on any atom is -0.447 e. The van der Waals surface area contributed by atoms with Gasteiger partial charge in [0.25, 0.3) is 0 Å². The lowest BCUT2D eigenvalue weighted by Gasteiger charge is -1.92. The van der Waals surface area contributed by atoms with Crippen LogP contribution in [-0.4, -0.2) is 6.61 Å². The van der Waals surface area contributed by atoms with Crippen molar-refractivity contribution in [3.8, 4) is 18.6 Å². The summed E-state index contributed by atoms with van der Waals surface area (Å²) < 4.78 is 4.60. The predicted molar refractivity (Wildman–Crippen MR) is 34.2 cm³/mol. The molecule has 0 unspecified atom stereocenters. The Bertz CT molecular complexity index is 113. The number of unbranched alkanes of at least 4 members (excludes halogenated alkanes) is 2. The highest BCUT2D eigenvalue weighted by atomic mass is 16.5. The second-order valence-corrected chi connectivity index (χ2v) is 1.58. The van der Waals surface area contributed by atoms with Gasteiger partial charge in [0.05, 0.1) is 6.07 Å². The van der Waals surface area contributed by atoms with Gasteiger partial charge in [-0.1, -0.05) is 6.42 Å². The van der Waals surface area contributed by atoms with E-state index in [2.05, 4.69) is 10.8 Å². The minimum absolute atomic E-state index is 0.568. The Labute approximate surface area is 55.4 Å². The highest BCUT2D eigenvalue weighted by Gasteiger charge is 1.84. The van der Waals surface area contributed by atoms with Crippen LogP contribution < -0.4 is 0 Å². The summed E-state index contributed by atoms with van der Waals surface area (Å²) >= 11 is 0. The predicted octanol–water partition coefficient (Wildman–Crippen LogP) is 1.29. The van der Waals surface area contributed by atoms with E-state index in [9.17, 15) is 0 Å². The van der Waals surface area contributed by atoms with Crippen LogP contribution in [0.1, 0.15) is 19.3 Å². The van der Waals surface area contributed by atoms with E-state index < -0.39 is 0 Å². The number of hydrogen-bond donors (Lipinski definition) is 0. The summed E-state index contributed by atoms with van der Waals surface area (Å²) in [4.78, 5) is 0. The molecule has 0 rings (SSSR count). The highest BCUT2D eigenvalue weighted by Crippen LogP contribution is 1.92. The number of hydrogen-bond acceptors (Lipinski definition) is 2. The monoisotopic (exact) mass is 123 g/mol. The van der Waals surface area contributed by atoms with E-state index in [4.69, 9.17) is 11.7 Å². The first kappa shape index (κ1) is 7.85. The molecular formula is C7H9NO.